The standard InChI is InChI=1S/C20H28N2O/c23-19(21-14-10-18-8-3-1-4-9-18)16-22-15-7-13-20(17-22)11-5-2-6-12-20/h1-5,8-9H,6-7,10-17H2,(H,21,23). The molecule has 1 heterocycles. The molecule has 3 rings (SSSR count). The summed E-state index contributed by atoms with van der Waals surface area (Å²) in [6.45, 7) is 3.44. The number of allylic oxidation sites excluding steroid dienone is 2. The van der Waals surface area contributed by atoms with Crippen LogP contribution >= 0.6 is 0 Å². The SMILES string of the molecule is O=C(CN1CCCC2(CC=CCC2)C1)NCCc1ccccc1. The van der Waals surface area contributed by atoms with Crippen LogP contribution in [0.15, 0.2) is 42.5 Å². The second-order valence-corrected chi connectivity index (χ2v) is 7.11. The molecule has 1 aliphatic carbocycles. The second-order valence-electron chi connectivity index (χ2n) is 7.11. The van der Waals surface area contributed by atoms with E-state index >= 15 is 0 Å². The van der Waals surface area contributed by atoms with E-state index in [0.29, 0.717) is 12.0 Å². The molecule has 1 atom stereocenters. The number of rotatable bonds is 5. The van der Waals surface area contributed by atoms with Gasteiger partial charge in [0, 0.05) is 13.1 Å². The number of carbonyl (C=O) groups is 1. The summed E-state index contributed by atoms with van der Waals surface area (Å²) in [6, 6.07) is 10.3. The molecule has 0 bridgehead atoms. The lowest BCUT2D eigenvalue weighted by Gasteiger charge is -2.43. The number of hydrogen-bond donors (Lipinski definition) is 1. The highest BCUT2D eigenvalue weighted by atomic mass is 16.2. The topological polar surface area (TPSA) is 32.3 Å². The van der Waals surface area contributed by atoms with Crippen LogP contribution in [-0.4, -0.2) is 37.0 Å². The summed E-state index contributed by atoms with van der Waals surface area (Å²) in [5, 5.41) is 3.08. The molecular weight excluding hydrogens is 284 g/mol. The molecule has 23 heavy (non-hydrogen) atoms. The maximum atomic E-state index is 12.2. The molecule has 1 unspecified atom stereocenters. The van der Waals surface area contributed by atoms with Gasteiger partial charge >= 0.3 is 0 Å². The summed E-state index contributed by atoms with van der Waals surface area (Å²) in [7, 11) is 0. The predicted octanol–water partition coefficient (Wildman–Crippen LogP) is 3.17. The normalized spacial score (nSPS) is 24.7. The Balaban J connectivity index is 1.41. The minimum absolute atomic E-state index is 0.171. The highest BCUT2D eigenvalue weighted by Gasteiger charge is 2.35. The maximum Gasteiger partial charge on any atom is 0.234 e. The van der Waals surface area contributed by atoms with Crippen molar-refractivity contribution in [3.8, 4) is 0 Å². The highest BCUT2D eigenvalue weighted by Crippen LogP contribution is 2.40. The van der Waals surface area contributed by atoms with Crippen molar-refractivity contribution < 1.29 is 4.79 Å². The van der Waals surface area contributed by atoms with E-state index in [0.717, 1.165) is 26.1 Å². The summed E-state index contributed by atoms with van der Waals surface area (Å²) < 4.78 is 0. The zero-order chi connectivity index (χ0) is 16.0. The molecule has 3 nitrogen and oxygen atoms in total. The summed E-state index contributed by atoms with van der Waals surface area (Å²) in [4.78, 5) is 14.6. The summed E-state index contributed by atoms with van der Waals surface area (Å²) >= 11 is 0. The Kier molecular flexibility index (Phi) is 5.50. The molecule has 1 spiro atoms. The van der Waals surface area contributed by atoms with Gasteiger partial charge in [-0.25, -0.2) is 0 Å². The average molecular weight is 312 g/mol. The number of nitrogens with zero attached hydrogens (tertiary/aromatic N) is 1. The monoisotopic (exact) mass is 312 g/mol. The van der Waals surface area contributed by atoms with E-state index in [4.69, 9.17) is 0 Å². The van der Waals surface area contributed by atoms with Crippen LogP contribution in [0.5, 0.6) is 0 Å². The number of piperidine rings is 1. The quantitative estimate of drug-likeness (QED) is 0.847. The fourth-order valence-electron chi connectivity index (χ4n) is 4.01. The largest absolute Gasteiger partial charge is 0.355 e. The molecule has 0 radical (unpaired) electrons. The van der Waals surface area contributed by atoms with Gasteiger partial charge < -0.3 is 5.32 Å². The lowest BCUT2D eigenvalue weighted by atomic mass is 9.71. The zero-order valence-electron chi connectivity index (χ0n) is 14.0. The van der Waals surface area contributed by atoms with Crippen molar-refractivity contribution >= 4 is 5.91 Å². The van der Waals surface area contributed by atoms with Crippen molar-refractivity contribution in [3.05, 3.63) is 48.0 Å². The molecule has 1 N–H and O–H groups in total. The van der Waals surface area contributed by atoms with Gasteiger partial charge in [-0.1, -0.05) is 42.5 Å². The summed E-state index contributed by atoms with van der Waals surface area (Å²) in [6.07, 6.45) is 11.8. The molecule has 2 aliphatic rings. The van der Waals surface area contributed by atoms with Crippen LogP contribution in [0.25, 0.3) is 0 Å². The second kappa shape index (κ2) is 7.78. The van der Waals surface area contributed by atoms with Crippen molar-refractivity contribution in [1.29, 1.82) is 0 Å². The molecule has 0 saturated carbocycles. The molecule has 124 valence electrons. The van der Waals surface area contributed by atoms with E-state index in [1.54, 1.807) is 0 Å². The Hall–Kier alpha value is -1.61. The molecule has 0 aromatic heterocycles. The first kappa shape index (κ1) is 16.3. The van der Waals surface area contributed by atoms with Gasteiger partial charge in [0.1, 0.15) is 0 Å². The van der Waals surface area contributed by atoms with Crippen LogP contribution in [-0.2, 0) is 11.2 Å². The fourth-order valence-corrected chi connectivity index (χ4v) is 4.01. The third kappa shape index (κ3) is 4.68. The van der Waals surface area contributed by atoms with Crippen LogP contribution in [0.3, 0.4) is 0 Å². The fraction of sp³-hybridized carbons (Fsp3) is 0.550. The van der Waals surface area contributed by atoms with E-state index in [1.165, 1.54) is 37.7 Å². The Morgan fingerprint density at radius 1 is 1.17 bits per heavy atom. The average Bonchev–Trinajstić information content (AvgIpc) is 2.56. The van der Waals surface area contributed by atoms with Gasteiger partial charge in [0.2, 0.25) is 5.91 Å². The van der Waals surface area contributed by atoms with Crippen LogP contribution in [0.1, 0.15) is 37.7 Å². The van der Waals surface area contributed by atoms with E-state index in [-0.39, 0.29) is 5.91 Å². The first-order valence-corrected chi connectivity index (χ1v) is 8.94. The number of likely N-dealkylation sites (tertiary alicyclic amines) is 1. The van der Waals surface area contributed by atoms with Gasteiger partial charge in [-0.3, -0.25) is 9.69 Å². The summed E-state index contributed by atoms with van der Waals surface area (Å²) in [5.41, 5.74) is 1.72. The Morgan fingerprint density at radius 2 is 2.04 bits per heavy atom. The molecule has 1 amide bonds. The van der Waals surface area contributed by atoms with Crippen LogP contribution in [0.2, 0.25) is 0 Å². The number of amides is 1. The first-order chi connectivity index (χ1) is 11.3. The Labute approximate surface area is 139 Å². The predicted molar refractivity (Wildman–Crippen MR) is 94.3 cm³/mol. The van der Waals surface area contributed by atoms with Gasteiger partial charge in [-0.05, 0) is 56.0 Å². The van der Waals surface area contributed by atoms with Gasteiger partial charge in [-0.2, -0.15) is 0 Å². The van der Waals surface area contributed by atoms with Crippen molar-refractivity contribution in [1.82, 2.24) is 10.2 Å². The lowest BCUT2D eigenvalue weighted by Crippen LogP contribution is -2.47. The number of nitrogens with one attached hydrogen (secondary N) is 1. The molecule has 1 aromatic rings. The van der Waals surface area contributed by atoms with E-state index < -0.39 is 0 Å². The van der Waals surface area contributed by atoms with Crippen LogP contribution < -0.4 is 5.32 Å². The van der Waals surface area contributed by atoms with Crippen molar-refractivity contribution in [2.45, 2.75) is 38.5 Å². The number of benzene rings is 1. The minimum Gasteiger partial charge on any atom is -0.355 e. The number of carbonyl (C=O) groups excluding carboxylic acids is 1. The molecule has 1 fully saturated rings. The van der Waals surface area contributed by atoms with Crippen LogP contribution in [0.4, 0.5) is 0 Å². The molecule has 1 aliphatic heterocycles. The smallest absolute Gasteiger partial charge is 0.234 e. The molecular formula is C20H28N2O. The first-order valence-electron chi connectivity index (χ1n) is 8.94. The van der Waals surface area contributed by atoms with Gasteiger partial charge in [0.15, 0.2) is 0 Å². The highest BCUT2D eigenvalue weighted by molar-refractivity contribution is 5.78. The Bertz CT molecular complexity index is 540. The minimum atomic E-state index is 0.171. The Morgan fingerprint density at radius 3 is 2.83 bits per heavy atom. The third-order valence-electron chi connectivity index (χ3n) is 5.25. The van der Waals surface area contributed by atoms with Crippen LogP contribution in [0, 0.1) is 5.41 Å². The summed E-state index contributed by atoms with van der Waals surface area (Å²) in [5.74, 6) is 0.171. The maximum absolute atomic E-state index is 12.2. The molecule has 1 saturated heterocycles. The third-order valence-corrected chi connectivity index (χ3v) is 5.25. The zero-order valence-corrected chi connectivity index (χ0v) is 14.0. The van der Waals surface area contributed by atoms with E-state index in [1.807, 2.05) is 18.2 Å². The van der Waals surface area contributed by atoms with Gasteiger partial charge in [-0.15, -0.1) is 0 Å². The van der Waals surface area contributed by atoms with Crippen molar-refractivity contribution in [2.24, 2.45) is 5.41 Å². The van der Waals surface area contributed by atoms with Gasteiger partial charge in [0.25, 0.3) is 0 Å². The van der Waals surface area contributed by atoms with Crippen molar-refractivity contribution in [3.63, 3.8) is 0 Å². The van der Waals surface area contributed by atoms with E-state index in [9.17, 15) is 4.79 Å². The van der Waals surface area contributed by atoms with Gasteiger partial charge in [0.05, 0.1) is 6.54 Å². The number of hydrogen-bond acceptors (Lipinski definition) is 2. The molecule has 1 aromatic carbocycles. The molecule has 3 heteroatoms. The lowest BCUT2D eigenvalue weighted by molar-refractivity contribution is -0.123. The van der Waals surface area contributed by atoms with E-state index in [2.05, 4.69) is 34.5 Å². The van der Waals surface area contributed by atoms with Crippen molar-refractivity contribution in [2.75, 3.05) is 26.2 Å².